The Morgan fingerprint density at radius 3 is 2.53 bits per heavy atom. The summed E-state index contributed by atoms with van der Waals surface area (Å²) >= 11 is 0. The number of rotatable bonds is 5. The van der Waals surface area contributed by atoms with Crippen LogP contribution in [-0.4, -0.2) is 6.04 Å². The minimum Gasteiger partial charge on any atom is -0.307 e. The van der Waals surface area contributed by atoms with Gasteiger partial charge in [0, 0.05) is 12.1 Å². The molecule has 1 N–H and O–H groups in total. The van der Waals surface area contributed by atoms with Gasteiger partial charge >= 0.3 is 0 Å². The Bertz CT molecular complexity index is 421. The van der Waals surface area contributed by atoms with E-state index in [4.69, 9.17) is 0 Å². The van der Waals surface area contributed by atoms with Gasteiger partial charge in [-0.1, -0.05) is 51.0 Å². The van der Waals surface area contributed by atoms with Gasteiger partial charge < -0.3 is 5.32 Å². The van der Waals surface area contributed by atoms with Gasteiger partial charge in [0.05, 0.1) is 0 Å². The van der Waals surface area contributed by atoms with Gasteiger partial charge in [-0.05, 0) is 48.6 Å². The van der Waals surface area contributed by atoms with Gasteiger partial charge in [-0.2, -0.15) is 0 Å². The third-order valence-corrected chi connectivity index (χ3v) is 5.04. The number of nitrogens with one attached hydrogen (secondary N) is 1. The van der Waals surface area contributed by atoms with E-state index in [9.17, 15) is 0 Å². The second kappa shape index (κ2) is 5.66. The minimum atomic E-state index is 0.594. The number of fused-ring (bicyclic) bond motifs is 1. The third kappa shape index (κ3) is 3.02. The molecule has 3 rings (SSSR count). The Hall–Kier alpha value is -0.820. The summed E-state index contributed by atoms with van der Waals surface area (Å²) in [5.74, 6) is 1.76. The second-order valence-corrected chi connectivity index (χ2v) is 6.61. The molecule has 1 aromatic carbocycles. The smallest absolute Gasteiger partial charge is 0.0325 e. The van der Waals surface area contributed by atoms with Gasteiger partial charge in [0.1, 0.15) is 0 Å². The highest BCUT2D eigenvalue weighted by molar-refractivity contribution is 5.35. The molecule has 1 saturated carbocycles. The van der Waals surface area contributed by atoms with Gasteiger partial charge in [0.25, 0.3) is 0 Å². The predicted octanol–water partition coefficient (Wildman–Crippen LogP) is 4.79. The van der Waals surface area contributed by atoms with Gasteiger partial charge in [0.15, 0.2) is 0 Å². The molecule has 0 aliphatic heterocycles. The zero-order chi connectivity index (χ0) is 13.2. The normalized spacial score (nSPS) is 27.9. The van der Waals surface area contributed by atoms with Crippen LogP contribution in [0.3, 0.4) is 0 Å². The molecular weight excluding hydrogens is 230 g/mol. The van der Waals surface area contributed by atoms with Crippen LogP contribution in [0.2, 0.25) is 0 Å². The Balaban J connectivity index is 1.72. The molecule has 19 heavy (non-hydrogen) atoms. The third-order valence-electron chi connectivity index (χ3n) is 5.04. The standard InChI is InChI=1S/C18H27N/c1-3-15(12-14-9-10-14)19-18-11-8-13(2)16-6-4-5-7-17(16)18/h4-7,13-15,18-19H,3,8-12H2,1-2H3. The van der Waals surface area contributed by atoms with Crippen molar-refractivity contribution in [3.05, 3.63) is 35.4 Å². The molecule has 3 atom stereocenters. The van der Waals surface area contributed by atoms with Crippen LogP contribution in [0.5, 0.6) is 0 Å². The zero-order valence-corrected chi connectivity index (χ0v) is 12.4. The lowest BCUT2D eigenvalue weighted by molar-refractivity contribution is 0.351. The van der Waals surface area contributed by atoms with E-state index in [1.165, 1.54) is 38.5 Å². The van der Waals surface area contributed by atoms with E-state index in [2.05, 4.69) is 43.4 Å². The molecule has 0 heterocycles. The van der Waals surface area contributed by atoms with Crippen molar-refractivity contribution in [2.75, 3.05) is 0 Å². The molecule has 1 aromatic rings. The van der Waals surface area contributed by atoms with Crippen molar-refractivity contribution in [3.8, 4) is 0 Å². The average molecular weight is 257 g/mol. The summed E-state index contributed by atoms with van der Waals surface area (Å²) in [6.45, 7) is 4.70. The van der Waals surface area contributed by atoms with Crippen LogP contribution in [0, 0.1) is 5.92 Å². The van der Waals surface area contributed by atoms with E-state index in [0.29, 0.717) is 6.04 Å². The fraction of sp³-hybridized carbons (Fsp3) is 0.667. The summed E-state index contributed by atoms with van der Waals surface area (Å²) < 4.78 is 0. The summed E-state index contributed by atoms with van der Waals surface area (Å²) in [5, 5.41) is 3.95. The van der Waals surface area contributed by atoms with E-state index in [1.54, 1.807) is 11.1 Å². The molecule has 2 aliphatic rings. The first-order chi connectivity index (χ1) is 9.28. The molecule has 1 nitrogen and oxygen atoms in total. The van der Waals surface area contributed by atoms with Crippen LogP contribution in [-0.2, 0) is 0 Å². The molecule has 0 bridgehead atoms. The van der Waals surface area contributed by atoms with Crippen LogP contribution in [0.25, 0.3) is 0 Å². The van der Waals surface area contributed by atoms with Crippen molar-refractivity contribution >= 4 is 0 Å². The van der Waals surface area contributed by atoms with Crippen LogP contribution in [0.1, 0.15) is 75.5 Å². The highest BCUT2D eigenvalue weighted by Crippen LogP contribution is 2.39. The van der Waals surface area contributed by atoms with E-state index in [-0.39, 0.29) is 0 Å². The van der Waals surface area contributed by atoms with Crippen molar-refractivity contribution in [1.82, 2.24) is 5.32 Å². The SMILES string of the molecule is CCC(CC1CC1)NC1CCC(C)c2ccccc21. The molecule has 3 unspecified atom stereocenters. The van der Waals surface area contributed by atoms with Crippen LogP contribution in [0.4, 0.5) is 0 Å². The van der Waals surface area contributed by atoms with Crippen LogP contribution in [0.15, 0.2) is 24.3 Å². The summed E-state index contributed by atoms with van der Waals surface area (Å²) in [7, 11) is 0. The van der Waals surface area contributed by atoms with Crippen molar-refractivity contribution in [2.24, 2.45) is 5.92 Å². The topological polar surface area (TPSA) is 12.0 Å². The molecule has 0 amide bonds. The maximum atomic E-state index is 3.95. The second-order valence-electron chi connectivity index (χ2n) is 6.61. The Labute approximate surface area is 117 Å². The fourth-order valence-corrected chi connectivity index (χ4v) is 3.57. The summed E-state index contributed by atoms with van der Waals surface area (Å²) in [6, 6.07) is 10.4. The monoisotopic (exact) mass is 257 g/mol. The summed E-state index contributed by atoms with van der Waals surface area (Å²) in [4.78, 5) is 0. The van der Waals surface area contributed by atoms with E-state index in [1.807, 2.05) is 0 Å². The number of hydrogen-bond acceptors (Lipinski definition) is 1. The first kappa shape index (κ1) is 13.2. The van der Waals surface area contributed by atoms with Crippen LogP contribution >= 0.6 is 0 Å². The highest BCUT2D eigenvalue weighted by atomic mass is 15.0. The number of benzene rings is 1. The van der Waals surface area contributed by atoms with Crippen molar-refractivity contribution < 1.29 is 0 Å². The van der Waals surface area contributed by atoms with Crippen LogP contribution < -0.4 is 5.32 Å². The number of hydrogen-bond donors (Lipinski definition) is 1. The van der Waals surface area contributed by atoms with Crippen molar-refractivity contribution in [2.45, 2.75) is 70.4 Å². The Morgan fingerprint density at radius 1 is 1.11 bits per heavy atom. The van der Waals surface area contributed by atoms with Gasteiger partial charge in [0.2, 0.25) is 0 Å². The molecule has 0 saturated heterocycles. The van der Waals surface area contributed by atoms with Gasteiger partial charge in [-0.15, -0.1) is 0 Å². The molecule has 0 radical (unpaired) electrons. The fourth-order valence-electron chi connectivity index (χ4n) is 3.57. The average Bonchev–Trinajstić information content (AvgIpc) is 3.25. The van der Waals surface area contributed by atoms with Crippen molar-refractivity contribution in [1.29, 1.82) is 0 Å². The lowest BCUT2D eigenvalue weighted by atomic mass is 9.80. The van der Waals surface area contributed by atoms with E-state index < -0.39 is 0 Å². The van der Waals surface area contributed by atoms with Gasteiger partial charge in [-0.25, -0.2) is 0 Å². The van der Waals surface area contributed by atoms with Crippen molar-refractivity contribution in [3.63, 3.8) is 0 Å². The summed E-state index contributed by atoms with van der Waals surface area (Å²) in [5.41, 5.74) is 3.14. The minimum absolute atomic E-state index is 0.594. The first-order valence-corrected chi connectivity index (χ1v) is 8.12. The summed E-state index contributed by atoms with van der Waals surface area (Å²) in [6.07, 6.45) is 8.23. The molecule has 1 heteroatoms. The first-order valence-electron chi connectivity index (χ1n) is 8.12. The molecular formula is C18H27N. The maximum Gasteiger partial charge on any atom is 0.0325 e. The Morgan fingerprint density at radius 2 is 1.84 bits per heavy atom. The van der Waals surface area contributed by atoms with E-state index in [0.717, 1.165) is 17.9 Å². The lowest BCUT2D eigenvalue weighted by Crippen LogP contribution is -2.35. The maximum absolute atomic E-state index is 3.95. The predicted molar refractivity (Wildman–Crippen MR) is 81.4 cm³/mol. The highest BCUT2D eigenvalue weighted by Gasteiger charge is 2.29. The van der Waals surface area contributed by atoms with Gasteiger partial charge in [-0.3, -0.25) is 0 Å². The molecule has 0 spiro atoms. The van der Waals surface area contributed by atoms with E-state index >= 15 is 0 Å². The zero-order valence-electron chi connectivity index (χ0n) is 12.4. The quantitative estimate of drug-likeness (QED) is 0.799. The lowest BCUT2D eigenvalue weighted by Gasteiger charge is -2.33. The largest absolute Gasteiger partial charge is 0.307 e. The molecule has 1 fully saturated rings. The molecule has 104 valence electrons. The molecule has 0 aromatic heterocycles. The molecule has 2 aliphatic carbocycles. The Kier molecular flexibility index (Phi) is 3.93.